The van der Waals surface area contributed by atoms with Crippen LogP contribution in [0.5, 0.6) is 0 Å². The summed E-state index contributed by atoms with van der Waals surface area (Å²) in [5.41, 5.74) is 0.287. The first-order chi connectivity index (χ1) is 10.8. The molecule has 0 radical (unpaired) electrons. The number of carbonyl (C=O) groups excluding carboxylic acids is 1. The van der Waals surface area contributed by atoms with E-state index in [1.54, 1.807) is 25.3 Å². The fraction of sp³-hybridized carbons (Fsp3) is 0.471. The monoisotopic (exact) mass is 357 g/mol. The molecule has 1 saturated heterocycles. The van der Waals surface area contributed by atoms with Gasteiger partial charge in [0.15, 0.2) is 5.78 Å². The zero-order chi connectivity index (χ0) is 17.2. The predicted octanol–water partition coefficient (Wildman–Crippen LogP) is 4.52. The Hall–Kier alpha value is -1.07. The molecule has 1 fully saturated rings. The topological polar surface area (TPSA) is 49.8 Å². The molecule has 0 atom stereocenters. The number of halogens is 2. The molecule has 1 aromatic rings. The largest absolute Gasteiger partial charge is 0.511 e. The zero-order valence-corrected chi connectivity index (χ0v) is 15.0. The van der Waals surface area contributed by atoms with Gasteiger partial charge in [0, 0.05) is 29.1 Å². The van der Waals surface area contributed by atoms with Gasteiger partial charge in [0.2, 0.25) is 0 Å². The Morgan fingerprint density at radius 3 is 2.39 bits per heavy atom. The molecule has 23 heavy (non-hydrogen) atoms. The standard InChI is InChI=1S/C17H21Cl2NO3/c1-11(21)15(13-5-4-12(18)10-14(13)19)16(22)17(2)6-8-20(23-3)9-7-17/h4-5,10,22H,6-9H2,1-3H3/b16-15-. The number of hydroxylamine groups is 2. The second-order valence-electron chi connectivity index (χ2n) is 6.08. The number of hydrogen-bond acceptors (Lipinski definition) is 4. The number of hydrogen-bond donors (Lipinski definition) is 1. The molecule has 1 aliphatic rings. The summed E-state index contributed by atoms with van der Waals surface area (Å²) < 4.78 is 0. The molecule has 1 aromatic carbocycles. The molecular formula is C17H21Cl2NO3. The van der Waals surface area contributed by atoms with Crippen LogP contribution in [0.25, 0.3) is 5.57 Å². The maximum atomic E-state index is 12.2. The fourth-order valence-corrected chi connectivity index (χ4v) is 3.38. The quantitative estimate of drug-likeness (QED) is 0.635. The van der Waals surface area contributed by atoms with Crippen molar-refractivity contribution in [3.8, 4) is 0 Å². The number of aliphatic hydroxyl groups is 1. The molecule has 2 rings (SSSR count). The van der Waals surface area contributed by atoms with Crippen LogP contribution in [0.4, 0.5) is 0 Å². The van der Waals surface area contributed by atoms with Gasteiger partial charge in [-0.2, -0.15) is 5.06 Å². The van der Waals surface area contributed by atoms with E-state index in [0.29, 0.717) is 41.5 Å². The highest BCUT2D eigenvalue weighted by Crippen LogP contribution is 2.42. The maximum Gasteiger partial charge on any atom is 0.163 e. The van der Waals surface area contributed by atoms with E-state index in [0.717, 1.165) is 0 Å². The van der Waals surface area contributed by atoms with Crippen LogP contribution in [0.2, 0.25) is 10.0 Å². The number of allylic oxidation sites excluding steroid dienone is 2. The highest BCUT2D eigenvalue weighted by atomic mass is 35.5. The van der Waals surface area contributed by atoms with E-state index < -0.39 is 5.41 Å². The van der Waals surface area contributed by atoms with Gasteiger partial charge in [-0.3, -0.25) is 4.79 Å². The smallest absolute Gasteiger partial charge is 0.163 e. The fourth-order valence-electron chi connectivity index (χ4n) is 2.88. The number of Topliss-reactive ketones (excluding diaryl/α,β-unsaturated/α-hetero) is 1. The van der Waals surface area contributed by atoms with Crippen molar-refractivity contribution in [1.29, 1.82) is 0 Å². The highest BCUT2D eigenvalue weighted by molar-refractivity contribution is 6.37. The molecule has 0 aromatic heterocycles. The molecule has 0 amide bonds. The molecule has 1 N–H and O–H groups in total. The molecule has 0 aliphatic carbocycles. The Morgan fingerprint density at radius 2 is 1.91 bits per heavy atom. The van der Waals surface area contributed by atoms with E-state index >= 15 is 0 Å². The minimum Gasteiger partial charge on any atom is -0.511 e. The first-order valence-electron chi connectivity index (χ1n) is 7.47. The summed E-state index contributed by atoms with van der Waals surface area (Å²) in [6, 6.07) is 4.91. The van der Waals surface area contributed by atoms with Gasteiger partial charge in [-0.25, -0.2) is 0 Å². The van der Waals surface area contributed by atoms with Gasteiger partial charge in [0.25, 0.3) is 0 Å². The lowest BCUT2D eigenvalue weighted by atomic mass is 9.76. The van der Waals surface area contributed by atoms with Crippen molar-refractivity contribution in [2.24, 2.45) is 5.41 Å². The number of nitrogens with zero attached hydrogens (tertiary/aromatic N) is 1. The summed E-state index contributed by atoms with van der Waals surface area (Å²) >= 11 is 12.2. The third-order valence-corrected chi connectivity index (χ3v) is 4.99. The minimum atomic E-state index is -0.487. The van der Waals surface area contributed by atoms with Crippen LogP contribution in [0.1, 0.15) is 32.3 Å². The van der Waals surface area contributed by atoms with E-state index in [-0.39, 0.29) is 17.1 Å². The van der Waals surface area contributed by atoms with E-state index in [2.05, 4.69) is 0 Å². The predicted molar refractivity (Wildman–Crippen MR) is 92.6 cm³/mol. The Bertz CT molecular complexity index is 635. The van der Waals surface area contributed by atoms with Gasteiger partial charge in [0.1, 0.15) is 5.76 Å². The third kappa shape index (κ3) is 3.89. The summed E-state index contributed by atoms with van der Waals surface area (Å²) in [6.45, 7) is 4.78. The van der Waals surface area contributed by atoms with Crippen molar-refractivity contribution >= 4 is 34.6 Å². The summed E-state index contributed by atoms with van der Waals surface area (Å²) in [5.74, 6) is -0.132. The lowest BCUT2D eigenvalue weighted by Gasteiger charge is -2.38. The summed E-state index contributed by atoms with van der Waals surface area (Å²) in [5, 5.41) is 13.6. The molecule has 1 heterocycles. The zero-order valence-electron chi connectivity index (χ0n) is 13.5. The van der Waals surface area contributed by atoms with Crippen molar-refractivity contribution in [3.05, 3.63) is 39.6 Å². The van der Waals surface area contributed by atoms with Gasteiger partial charge in [-0.05, 0) is 31.9 Å². The second kappa shape index (κ2) is 7.22. The second-order valence-corrected chi connectivity index (χ2v) is 6.92. The van der Waals surface area contributed by atoms with Gasteiger partial charge >= 0.3 is 0 Å². The van der Waals surface area contributed by atoms with Crippen LogP contribution in [0.15, 0.2) is 24.0 Å². The highest BCUT2D eigenvalue weighted by Gasteiger charge is 2.37. The van der Waals surface area contributed by atoms with Crippen LogP contribution >= 0.6 is 23.2 Å². The van der Waals surface area contributed by atoms with Crippen LogP contribution in [-0.4, -0.2) is 36.2 Å². The van der Waals surface area contributed by atoms with Crippen molar-refractivity contribution in [2.45, 2.75) is 26.7 Å². The Balaban J connectivity index is 2.46. The van der Waals surface area contributed by atoms with Crippen molar-refractivity contribution in [3.63, 3.8) is 0 Å². The van der Waals surface area contributed by atoms with Gasteiger partial charge in [-0.1, -0.05) is 36.2 Å². The number of aliphatic hydroxyl groups excluding tert-OH is 1. The van der Waals surface area contributed by atoms with Crippen molar-refractivity contribution in [1.82, 2.24) is 5.06 Å². The van der Waals surface area contributed by atoms with E-state index in [9.17, 15) is 9.90 Å². The molecule has 0 saturated carbocycles. The molecule has 4 nitrogen and oxygen atoms in total. The van der Waals surface area contributed by atoms with Gasteiger partial charge < -0.3 is 9.94 Å². The van der Waals surface area contributed by atoms with Crippen molar-refractivity contribution in [2.75, 3.05) is 20.2 Å². The Kier molecular flexibility index (Phi) is 5.74. The van der Waals surface area contributed by atoms with Crippen LogP contribution in [0, 0.1) is 5.41 Å². The van der Waals surface area contributed by atoms with E-state index in [1.807, 2.05) is 12.0 Å². The SMILES string of the molecule is CON1CCC(C)(/C(O)=C(\C(C)=O)c2ccc(Cl)cc2Cl)CC1. The van der Waals surface area contributed by atoms with Crippen LogP contribution in [-0.2, 0) is 9.63 Å². The van der Waals surface area contributed by atoms with E-state index in [4.69, 9.17) is 28.0 Å². The molecule has 1 aliphatic heterocycles. The number of piperidine rings is 1. The van der Waals surface area contributed by atoms with Gasteiger partial charge in [0.05, 0.1) is 17.7 Å². The summed E-state index contributed by atoms with van der Waals surface area (Å²) in [6.07, 6.45) is 1.38. The lowest BCUT2D eigenvalue weighted by molar-refractivity contribution is -0.156. The average molecular weight is 358 g/mol. The van der Waals surface area contributed by atoms with Gasteiger partial charge in [-0.15, -0.1) is 0 Å². The number of rotatable bonds is 4. The number of carbonyl (C=O) groups is 1. The summed E-state index contributed by atoms with van der Waals surface area (Å²) in [4.78, 5) is 17.4. The Labute approximate surface area is 146 Å². The minimum absolute atomic E-state index is 0.0879. The van der Waals surface area contributed by atoms with Crippen LogP contribution in [0.3, 0.4) is 0 Å². The Morgan fingerprint density at radius 1 is 1.30 bits per heavy atom. The maximum absolute atomic E-state index is 12.2. The first-order valence-corrected chi connectivity index (χ1v) is 8.23. The average Bonchev–Trinajstić information content (AvgIpc) is 2.50. The molecule has 0 bridgehead atoms. The first kappa shape index (κ1) is 18.3. The lowest BCUT2D eigenvalue weighted by Crippen LogP contribution is -2.39. The third-order valence-electron chi connectivity index (χ3n) is 4.45. The molecule has 0 spiro atoms. The molecular weight excluding hydrogens is 337 g/mol. The number of ketones is 1. The van der Waals surface area contributed by atoms with Crippen molar-refractivity contribution < 1.29 is 14.7 Å². The van der Waals surface area contributed by atoms with E-state index in [1.165, 1.54) is 6.92 Å². The summed E-state index contributed by atoms with van der Waals surface area (Å²) in [7, 11) is 1.63. The van der Waals surface area contributed by atoms with Crippen LogP contribution < -0.4 is 0 Å². The normalized spacial score (nSPS) is 19.3. The number of benzene rings is 1. The molecule has 6 heteroatoms. The molecule has 126 valence electrons. The molecule has 0 unspecified atom stereocenters.